The molecular weight excluding hydrogens is 480 g/mol. The van der Waals surface area contributed by atoms with Crippen molar-refractivity contribution in [1.29, 1.82) is 0 Å². The van der Waals surface area contributed by atoms with Crippen LogP contribution in [0.25, 0.3) is 11.7 Å². The third kappa shape index (κ3) is 5.98. The number of aryl methyl sites for hydroxylation is 1. The van der Waals surface area contributed by atoms with E-state index in [-0.39, 0.29) is 11.5 Å². The van der Waals surface area contributed by atoms with Crippen LogP contribution in [0.2, 0.25) is 0 Å². The molecule has 1 saturated heterocycles. The first-order valence-corrected chi connectivity index (χ1v) is 12.8. The Morgan fingerprint density at radius 1 is 1.17 bits per heavy atom. The molecule has 4 rings (SSSR count). The molecule has 1 amide bonds. The molecule has 0 aliphatic carbocycles. The van der Waals surface area contributed by atoms with E-state index in [0.29, 0.717) is 59.0 Å². The molecule has 3 aromatic rings. The number of aromatic nitrogens is 2. The summed E-state index contributed by atoms with van der Waals surface area (Å²) in [6.45, 7) is 6.14. The van der Waals surface area contributed by atoms with Crippen LogP contribution >= 0.6 is 24.0 Å². The number of nitrogens with one attached hydrogen (secondary N) is 1. The Kier molecular flexibility index (Phi) is 8.33. The minimum atomic E-state index is -0.234. The van der Waals surface area contributed by atoms with Crippen molar-refractivity contribution in [3.8, 4) is 0 Å². The van der Waals surface area contributed by atoms with Gasteiger partial charge in [-0.15, -0.1) is 0 Å². The number of rotatable bonds is 10. The quantitative estimate of drug-likeness (QED) is 0.249. The zero-order valence-electron chi connectivity index (χ0n) is 19.8. The van der Waals surface area contributed by atoms with Gasteiger partial charge in [-0.2, -0.15) is 0 Å². The van der Waals surface area contributed by atoms with Crippen LogP contribution in [0.3, 0.4) is 0 Å². The van der Waals surface area contributed by atoms with E-state index >= 15 is 0 Å². The average Bonchev–Trinajstić information content (AvgIpc) is 3.12. The Hall–Kier alpha value is -3.01. The summed E-state index contributed by atoms with van der Waals surface area (Å²) in [5.74, 6) is 0.261. The number of anilines is 1. The second-order valence-corrected chi connectivity index (χ2v) is 9.84. The van der Waals surface area contributed by atoms with Gasteiger partial charge in [0.25, 0.3) is 11.5 Å². The summed E-state index contributed by atoms with van der Waals surface area (Å²) in [5.41, 5.74) is 2.78. The van der Waals surface area contributed by atoms with E-state index in [2.05, 4.69) is 17.4 Å². The van der Waals surface area contributed by atoms with E-state index in [9.17, 15) is 9.59 Å². The highest BCUT2D eigenvalue weighted by Gasteiger charge is 2.32. The van der Waals surface area contributed by atoms with Crippen molar-refractivity contribution in [1.82, 2.24) is 14.3 Å². The fourth-order valence-corrected chi connectivity index (χ4v) is 5.08. The summed E-state index contributed by atoms with van der Waals surface area (Å²) in [6, 6.07) is 13.8. The minimum absolute atomic E-state index is 0.194. The second kappa shape index (κ2) is 11.6. The van der Waals surface area contributed by atoms with E-state index in [4.69, 9.17) is 21.9 Å². The van der Waals surface area contributed by atoms with Gasteiger partial charge < -0.3 is 10.1 Å². The molecule has 1 aliphatic heterocycles. The summed E-state index contributed by atoms with van der Waals surface area (Å²) in [6.07, 6.45) is 4.85. The highest BCUT2D eigenvalue weighted by Crippen LogP contribution is 2.33. The number of carbonyl (C=O) groups is 1. The van der Waals surface area contributed by atoms with Gasteiger partial charge >= 0.3 is 0 Å². The molecule has 1 fully saturated rings. The zero-order valence-corrected chi connectivity index (χ0v) is 21.5. The van der Waals surface area contributed by atoms with Crippen LogP contribution < -0.4 is 10.9 Å². The van der Waals surface area contributed by atoms with Gasteiger partial charge in [-0.1, -0.05) is 60.4 Å². The smallest absolute Gasteiger partial charge is 0.267 e. The first kappa shape index (κ1) is 25.1. The molecular formula is C26H28N4O3S2. The molecule has 0 radical (unpaired) electrons. The third-order valence-corrected chi connectivity index (χ3v) is 6.96. The van der Waals surface area contributed by atoms with Crippen molar-refractivity contribution in [3.05, 3.63) is 80.6 Å². The number of hydrogen-bond acceptors (Lipinski definition) is 7. The number of fused-ring (bicyclic) bond motifs is 1. The predicted octanol–water partition coefficient (Wildman–Crippen LogP) is 4.29. The Labute approximate surface area is 214 Å². The highest BCUT2D eigenvalue weighted by molar-refractivity contribution is 8.26. The van der Waals surface area contributed by atoms with Gasteiger partial charge in [0, 0.05) is 32.5 Å². The number of thioether (sulfide) groups is 1. The predicted molar refractivity (Wildman–Crippen MR) is 146 cm³/mol. The molecule has 0 saturated carbocycles. The van der Waals surface area contributed by atoms with Gasteiger partial charge in [0.05, 0.1) is 10.5 Å². The maximum absolute atomic E-state index is 13.5. The molecule has 35 heavy (non-hydrogen) atoms. The fraction of sp³-hybridized carbons (Fsp3) is 0.308. The van der Waals surface area contributed by atoms with Crippen molar-refractivity contribution in [3.63, 3.8) is 0 Å². The molecule has 1 N–H and O–H groups in total. The van der Waals surface area contributed by atoms with Gasteiger partial charge in [-0.3, -0.25) is 18.9 Å². The lowest BCUT2D eigenvalue weighted by molar-refractivity contribution is -0.122. The lowest BCUT2D eigenvalue weighted by Crippen LogP contribution is -2.29. The summed E-state index contributed by atoms with van der Waals surface area (Å²) in [4.78, 5) is 33.3. The summed E-state index contributed by atoms with van der Waals surface area (Å²) < 4.78 is 7.38. The standard InChI is InChI=1S/C26H28N4O3S2/c1-3-33-15-7-14-29-25(32)21(35-26(29)34)16-20-23(27-13-12-19-8-5-4-6-9-19)28-22-11-10-18(2)17-30(22)24(20)31/h4-6,8-11,16-17,27H,3,7,12-15H2,1-2H3/b21-16+. The molecule has 1 aliphatic rings. The maximum atomic E-state index is 13.5. The van der Waals surface area contributed by atoms with Crippen LogP contribution in [0, 0.1) is 6.92 Å². The van der Waals surface area contributed by atoms with E-state index in [1.165, 1.54) is 21.7 Å². The maximum Gasteiger partial charge on any atom is 0.267 e. The van der Waals surface area contributed by atoms with Crippen molar-refractivity contribution < 1.29 is 9.53 Å². The largest absolute Gasteiger partial charge is 0.382 e. The summed E-state index contributed by atoms with van der Waals surface area (Å²) >= 11 is 6.66. The number of pyridine rings is 1. The number of carbonyl (C=O) groups excluding carboxylic acids is 1. The van der Waals surface area contributed by atoms with E-state index in [0.717, 1.165) is 12.0 Å². The molecule has 0 bridgehead atoms. The molecule has 0 unspecified atom stereocenters. The van der Waals surface area contributed by atoms with Crippen LogP contribution in [0.1, 0.15) is 30.0 Å². The second-order valence-electron chi connectivity index (χ2n) is 8.16. The molecule has 1 aromatic carbocycles. The fourth-order valence-electron chi connectivity index (χ4n) is 3.79. The van der Waals surface area contributed by atoms with Gasteiger partial charge in [-0.05, 0) is 50.0 Å². The Morgan fingerprint density at radius 3 is 2.74 bits per heavy atom. The molecule has 182 valence electrons. The molecule has 3 heterocycles. The van der Waals surface area contributed by atoms with E-state index in [1.807, 2.05) is 44.2 Å². The molecule has 7 nitrogen and oxygen atoms in total. The lowest BCUT2D eigenvalue weighted by atomic mass is 10.1. The lowest BCUT2D eigenvalue weighted by Gasteiger charge is -2.14. The van der Waals surface area contributed by atoms with Gasteiger partial charge in [0.2, 0.25) is 0 Å². The van der Waals surface area contributed by atoms with E-state index in [1.54, 1.807) is 17.2 Å². The van der Waals surface area contributed by atoms with E-state index < -0.39 is 0 Å². The molecule has 0 spiro atoms. The number of thiocarbonyl (C=S) groups is 1. The van der Waals surface area contributed by atoms with Gasteiger partial charge in [0.15, 0.2) is 0 Å². The Bertz CT molecular complexity index is 1320. The normalized spacial score (nSPS) is 14.9. The molecule has 9 heteroatoms. The number of amides is 1. The first-order valence-electron chi connectivity index (χ1n) is 11.6. The monoisotopic (exact) mass is 508 g/mol. The number of benzene rings is 1. The average molecular weight is 509 g/mol. The summed E-state index contributed by atoms with van der Waals surface area (Å²) in [5, 5.41) is 3.32. The Morgan fingerprint density at radius 2 is 1.97 bits per heavy atom. The van der Waals surface area contributed by atoms with Crippen LogP contribution in [-0.4, -0.2) is 50.8 Å². The van der Waals surface area contributed by atoms with Crippen LogP contribution in [0.4, 0.5) is 5.82 Å². The molecule has 0 atom stereocenters. The first-order chi connectivity index (χ1) is 17.0. The molecule has 2 aromatic heterocycles. The third-order valence-electron chi connectivity index (χ3n) is 5.58. The Balaban J connectivity index is 1.64. The van der Waals surface area contributed by atoms with Crippen LogP contribution in [0.15, 0.2) is 58.4 Å². The summed E-state index contributed by atoms with van der Waals surface area (Å²) in [7, 11) is 0. The van der Waals surface area contributed by atoms with Crippen molar-refractivity contribution >= 4 is 51.7 Å². The topological polar surface area (TPSA) is 75.9 Å². The van der Waals surface area contributed by atoms with Crippen molar-refractivity contribution in [2.45, 2.75) is 26.7 Å². The van der Waals surface area contributed by atoms with Crippen molar-refractivity contribution in [2.24, 2.45) is 0 Å². The van der Waals surface area contributed by atoms with Crippen molar-refractivity contribution in [2.75, 3.05) is 31.6 Å². The number of ether oxygens (including phenoxy) is 1. The SMILES string of the molecule is CCOCCCN1C(=O)/C(=C\c2c(NCCc3ccccc3)nc3ccc(C)cn3c2=O)SC1=S. The minimum Gasteiger partial charge on any atom is -0.382 e. The van der Waals surface area contributed by atoms with Gasteiger partial charge in [-0.25, -0.2) is 4.98 Å². The van der Waals surface area contributed by atoms with Crippen LogP contribution in [0.5, 0.6) is 0 Å². The van der Waals surface area contributed by atoms with Gasteiger partial charge in [0.1, 0.15) is 15.8 Å². The van der Waals surface area contributed by atoms with Crippen LogP contribution in [-0.2, 0) is 16.0 Å². The number of hydrogen-bond donors (Lipinski definition) is 1. The zero-order chi connectivity index (χ0) is 24.8. The highest BCUT2D eigenvalue weighted by atomic mass is 32.2. The number of nitrogens with zero attached hydrogens (tertiary/aromatic N) is 3.